The van der Waals surface area contributed by atoms with Crippen LogP contribution in [-0.2, 0) is 0 Å². The first-order valence-corrected chi connectivity index (χ1v) is 8.20. The smallest absolute Gasteiger partial charge is 0.308 e. The molecule has 0 saturated heterocycles. The van der Waals surface area contributed by atoms with Crippen LogP contribution in [0.1, 0.15) is 54.6 Å². The summed E-state index contributed by atoms with van der Waals surface area (Å²) in [6.07, 6.45) is 6.53. The van der Waals surface area contributed by atoms with E-state index in [9.17, 15) is 4.79 Å². The highest BCUT2D eigenvalue weighted by atomic mass is 16.2. The molecule has 2 aliphatic rings. The lowest BCUT2D eigenvalue weighted by Gasteiger charge is -2.11. The number of carbonyl (C=O) groups is 1. The first-order valence-electron chi connectivity index (χ1n) is 8.20. The Morgan fingerprint density at radius 3 is 2.39 bits per heavy atom. The van der Waals surface area contributed by atoms with Crippen molar-refractivity contribution in [2.75, 3.05) is 10.6 Å². The van der Waals surface area contributed by atoms with Crippen LogP contribution < -0.4 is 10.6 Å². The van der Waals surface area contributed by atoms with E-state index in [0.29, 0.717) is 11.6 Å². The second kappa shape index (κ2) is 5.65. The van der Waals surface area contributed by atoms with Gasteiger partial charge in [-0.1, -0.05) is 12.1 Å². The van der Waals surface area contributed by atoms with Crippen LogP contribution >= 0.6 is 0 Å². The molecule has 1 aromatic carbocycles. The molecule has 118 valence electrons. The van der Waals surface area contributed by atoms with Gasteiger partial charge in [0, 0.05) is 11.6 Å². The maximum atomic E-state index is 12.2. The number of nitrogens with zero attached hydrogens (tertiary/aromatic N) is 2. The van der Waals surface area contributed by atoms with E-state index < -0.39 is 0 Å². The molecule has 2 amide bonds. The van der Waals surface area contributed by atoms with Crippen molar-refractivity contribution in [3.63, 3.8) is 0 Å². The molecular formula is C18H20N4O. The SMILES string of the molecule is Cc1ncc(NC(=O)Nc2ccc(C3CC3)cc2)c(C2CC2)n1. The Morgan fingerprint density at radius 1 is 1.04 bits per heavy atom. The largest absolute Gasteiger partial charge is 0.323 e. The Balaban J connectivity index is 1.43. The summed E-state index contributed by atoms with van der Waals surface area (Å²) in [7, 11) is 0. The van der Waals surface area contributed by atoms with Crippen molar-refractivity contribution >= 4 is 17.4 Å². The fourth-order valence-corrected chi connectivity index (χ4v) is 2.79. The van der Waals surface area contributed by atoms with Crippen LogP contribution in [0.5, 0.6) is 0 Å². The zero-order valence-corrected chi connectivity index (χ0v) is 13.2. The topological polar surface area (TPSA) is 66.9 Å². The molecule has 4 rings (SSSR count). The van der Waals surface area contributed by atoms with Crippen LogP contribution in [0.15, 0.2) is 30.5 Å². The van der Waals surface area contributed by atoms with Gasteiger partial charge in [0.15, 0.2) is 0 Å². The van der Waals surface area contributed by atoms with Gasteiger partial charge in [0.05, 0.1) is 17.6 Å². The average Bonchev–Trinajstić information content (AvgIpc) is 3.42. The first kappa shape index (κ1) is 14.2. The molecule has 0 bridgehead atoms. The lowest BCUT2D eigenvalue weighted by atomic mass is 10.1. The molecule has 0 radical (unpaired) electrons. The summed E-state index contributed by atoms with van der Waals surface area (Å²) < 4.78 is 0. The number of anilines is 2. The predicted molar refractivity (Wildman–Crippen MR) is 89.8 cm³/mol. The Kier molecular flexibility index (Phi) is 3.48. The van der Waals surface area contributed by atoms with Crippen LogP contribution in [0.3, 0.4) is 0 Å². The number of hydrogen-bond donors (Lipinski definition) is 2. The van der Waals surface area contributed by atoms with E-state index in [0.717, 1.165) is 36.0 Å². The molecular weight excluding hydrogens is 288 g/mol. The summed E-state index contributed by atoms with van der Waals surface area (Å²) in [4.78, 5) is 20.9. The van der Waals surface area contributed by atoms with Gasteiger partial charge in [0.25, 0.3) is 0 Å². The van der Waals surface area contributed by atoms with Crippen LogP contribution in [0.2, 0.25) is 0 Å². The second-order valence-corrected chi connectivity index (χ2v) is 6.47. The van der Waals surface area contributed by atoms with Gasteiger partial charge in [-0.15, -0.1) is 0 Å². The zero-order valence-electron chi connectivity index (χ0n) is 13.2. The van der Waals surface area contributed by atoms with E-state index >= 15 is 0 Å². The summed E-state index contributed by atoms with van der Waals surface area (Å²) >= 11 is 0. The number of rotatable bonds is 4. The minimum Gasteiger partial charge on any atom is -0.308 e. The summed E-state index contributed by atoms with van der Waals surface area (Å²) in [5, 5.41) is 5.75. The molecule has 0 atom stereocenters. The van der Waals surface area contributed by atoms with Gasteiger partial charge in [-0.3, -0.25) is 0 Å². The number of amides is 2. The quantitative estimate of drug-likeness (QED) is 0.890. The minimum absolute atomic E-state index is 0.251. The molecule has 1 aromatic heterocycles. The highest BCUT2D eigenvalue weighted by Crippen LogP contribution is 2.42. The van der Waals surface area contributed by atoms with E-state index in [1.165, 1.54) is 18.4 Å². The highest BCUT2D eigenvalue weighted by molar-refractivity contribution is 6.00. The first-order chi connectivity index (χ1) is 11.2. The normalized spacial score (nSPS) is 16.9. The molecule has 1 heterocycles. The number of carbonyl (C=O) groups excluding carboxylic acids is 1. The van der Waals surface area contributed by atoms with Crippen LogP contribution in [0.4, 0.5) is 16.2 Å². The van der Waals surface area contributed by atoms with Crippen molar-refractivity contribution in [3.8, 4) is 0 Å². The van der Waals surface area contributed by atoms with Crippen molar-refractivity contribution in [2.45, 2.75) is 44.4 Å². The Labute approximate surface area is 135 Å². The number of urea groups is 1. The second-order valence-electron chi connectivity index (χ2n) is 6.47. The minimum atomic E-state index is -0.251. The van der Waals surface area contributed by atoms with E-state index in [-0.39, 0.29) is 6.03 Å². The van der Waals surface area contributed by atoms with Gasteiger partial charge in [0.1, 0.15) is 5.82 Å². The molecule has 2 saturated carbocycles. The molecule has 0 aliphatic heterocycles. The summed E-state index contributed by atoms with van der Waals surface area (Å²) in [6.45, 7) is 1.87. The van der Waals surface area contributed by atoms with Gasteiger partial charge in [-0.25, -0.2) is 14.8 Å². The maximum absolute atomic E-state index is 12.2. The van der Waals surface area contributed by atoms with Crippen LogP contribution in [0, 0.1) is 6.92 Å². The fourth-order valence-electron chi connectivity index (χ4n) is 2.79. The van der Waals surface area contributed by atoms with Crippen molar-refractivity contribution in [2.24, 2.45) is 0 Å². The molecule has 23 heavy (non-hydrogen) atoms. The standard InChI is InChI=1S/C18H20N4O/c1-11-19-10-16(17(20-11)14-4-5-14)22-18(23)21-15-8-6-13(7-9-15)12-2-3-12/h6-10,12,14H,2-5H2,1H3,(H2,21,22,23). The summed E-state index contributed by atoms with van der Waals surface area (Å²) in [6, 6.07) is 7.86. The van der Waals surface area contributed by atoms with Gasteiger partial charge in [-0.2, -0.15) is 0 Å². The highest BCUT2D eigenvalue weighted by Gasteiger charge is 2.28. The lowest BCUT2D eigenvalue weighted by molar-refractivity contribution is 0.262. The summed E-state index contributed by atoms with van der Waals surface area (Å²) in [5.41, 5.74) is 3.83. The molecule has 0 unspecified atom stereocenters. The van der Waals surface area contributed by atoms with Gasteiger partial charge < -0.3 is 10.6 Å². The molecule has 2 aliphatic carbocycles. The van der Waals surface area contributed by atoms with Crippen molar-refractivity contribution in [3.05, 3.63) is 47.5 Å². The Morgan fingerprint density at radius 2 is 1.74 bits per heavy atom. The van der Waals surface area contributed by atoms with Gasteiger partial charge in [0.2, 0.25) is 0 Å². The Hall–Kier alpha value is -2.43. The van der Waals surface area contributed by atoms with Crippen LogP contribution in [0.25, 0.3) is 0 Å². The zero-order chi connectivity index (χ0) is 15.8. The van der Waals surface area contributed by atoms with E-state index in [4.69, 9.17) is 0 Å². The third kappa shape index (κ3) is 3.33. The summed E-state index contributed by atoms with van der Waals surface area (Å²) in [5.74, 6) is 1.93. The number of benzene rings is 1. The van der Waals surface area contributed by atoms with E-state index in [1.54, 1.807) is 6.20 Å². The monoisotopic (exact) mass is 308 g/mol. The number of nitrogens with one attached hydrogen (secondary N) is 2. The average molecular weight is 308 g/mol. The third-order valence-electron chi connectivity index (χ3n) is 4.37. The maximum Gasteiger partial charge on any atom is 0.323 e. The van der Waals surface area contributed by atoms with Crippen LogP contribution in [-0.4, -0.2) is 16.0 Å². The molecule has 0 spiro atoms. The lowest BCUT2D eigenvalue weighted by Crippen LogP contribution is -2.21. The Bertz CT molecular complexity index is 733. The fraction of sp³-hybridized carbons (Fsp3) is 0.389. The molecule has 2 aromatic rings. The van der Waals surface area contributed by atoms with Crippen molar-refractivity contribution < 1.29 is 4.79 Å². The molecule has 5 nitrogen and oxygen atoms in total. The molecule has 5 heteroatoms. The number of aromatic nitrogens is 2. The third-order valence-corrected chi connectivity index (χ3v) is 4.37. The number of aryl methyl sites for hydroxylation is 1. The van der Waals surface area contributed by atoms with E-state index in [1.807, 2.05) is 19.1 Å². The molecule has 2 fully saturated rings. The van der Waals surface area contributed by atoms with Gasteiger partial charge >= 0.3 is 6.03 Å². The van der Waals surface area contributed by atoms with Crippen molar-refractivity contribution in [1.29, 1.82) is 0 Å². The molecule has 2 N–H and O–H groups in total. The van der Waals surface area contributed by atoms with Gasteiger partial charge in [-0.05, 0) is 56.2 Å². The predicted octanol–water partition coefficient (Wildman–Crippen LogP) is 4.18. The van der Waals surface area contributed by atoms with E-state index in [2.05, 4.69) is 32.7 Å². The van der Waals surface area contributed by atoms with Crippen molar-refractivity contribution in [1.82, 2.24) is 9.97 Å². The number of hydrogen-bond acceptors (Lipinski definition) is 3.